The lowest BCUT2D eigenvalue weighted by Crippen LogP contribution is -2.38. The SMILES string of the molecule is CN=C(NCCCCSC)NCCCCN1CCCC(C)C1. The summed E-state index contributed by atoms with van der Waals surface area (Å²) in [5, 5.41) is 6.82. The summed E-state index contributed by atoms with van der Waals surface area (Å²) in [5.41, 5.74) is 0. The number of unbranched alkanes of at least 4 members (excludes halogenated alkanes) is 2. The highest BCUT2D eigenvalue weighted by Crippen LogP contribution is 2.15. The first-order chi connectivity index (χ1) is 10.8. The number of thioether (sulfide) groups is 1. The highest BCUT2D eigenvalue weighted by molar-refractivity contribution is 7.98. The van der Waals surface area contributed by atoms with E-state index in [2.05, 4.69) is 33.7 Å². The van der Waals surface area contributed by atoms with E-state index in [0.717, 1.165) is 25.0 Å². The zero-order valence-electron chi connectivity index (χ0n) is 14.9. The molecule has 1 aliphatic heterocycles. The molecule has 0 aliphatic carbocycles. The van der Waals surface area contributed by atoms with Gasteiger partial charge in [0.1, 0.15) is 0 Å². The largest absolute Gasteiger partial charge is 0.356 e. The molecule has 0 bridgehead atoms. The molecule has 0 aromatic rings. The molecule has 22 heavy (non-hydrogen) atoms. The van der Waals surface area contributed by atoms with E-state index in [1.165, 1.54) is 63.9 Å². The average molecular weight is 329 g/mol. The molecule has 1 aliphatic rings. The number of nitrogens with one attached hydrogen (secondary N) is 2. The zero-order chi connectivity index (χ0) is 16.0. The summed E-state index contributed by atoms with van der Waals surface area (Å²) in [6.07, 6.45) is 9.96. The number of hydrogen-bond acceptors (Lipinski definition) is 3. The lowest BCUT2D eigenvalue weighted by Gasteiger charge is -2.30. The van der Waals surface area contributed by atoms with Gasteiger partial charge in [0.15, 0.2) is 5.96 Å². The minimum Gasteiger partial charge on any atom is -0.356 e. The Labute approximate surface area is 141 Å². The molecule has 130 valence electrons. The monoisotopic (exact) mass is 328 g/mol. The summed E-state index contributed by atoms with van der Waals surface area (Å²) >= 11 is 1.92. The Bertz CT molecular complexity index is 296. The first-order valence-corrected chi connectivity index (χ1v) is 10.3. The van der Waals surface area contributed by atoms with E-state index < -0.39 is 0 Å². The average Bonchev–Trinajstić information content (AvgIpc) is 2.52. The first-order valence-electron chi connectivity index (χ1n) is 8.92. The van der Waals surface area contributed by atoms with Crippen LogP contribution in [-0.2, 0) is 0 Å². The Hall–Kier alpha value is -0.420. The highest BCUT2D eigenvalue weighted by Gasteiger charge is 2.15. The number of likely N-dealkylation sites (tertiary alicyclic amines) is 1. The Morgan fingerprint density at radius 3 is 2.55 bits per heavy atom. The van der Waals surface area contributed by atoms with Crippen LogP contribution in [0.25, 0.3) is 0 Å². The van der Waals surface area contributed by atoms with E-state index in [9.17, 15) is 0 Å². The van der Waals surface area contributed by atoms with Gasteiger partial charge in [-0.1, -0.05) is 6.92 Å². The van der Waals surface area contributed by atoms with Crippen LogP contribution in [0.5, 0.6) is 0 Å². The maximum atomic E-state index is 4.28. The Morgan fingerprint density at radius 1 is 1.18 bits per heavy atom. The van der Waals surface area contributed by atoms with Crippen molar-refractivity contribution in [1.82, 2.24) is 15.5 Å². The smallest absolute Gasteiger partial charge is 0.190 e. The molecule has 1 fully saturated rings. The first kappa shape index (κ1) is 19.6. The van der Waals surface area contributed by atoms with E-state index in [1.807, 2.05) is 18.8 Å². The van der Waals surface area contributed by atoms with E-state index in [1.54, 1.807) is 0 Å². The van der Waals surface area contributed by atoms with Crippen molar-refractivity contribution in [2.75, 3.05) is 51.8 Å². The van der Waals surface area contributed by atoms with Gasteiger partial charge in [-0.3, -0.25) is 4.99 Å². The summed E-state index contributed by atoms with van der Waals surface area (Å²) in [5.74, 6) is 3.10. The predicted octanol–water partition coefficient (Wildman–Crippen LogP) is 2.81. The van der Waals surface area contributed by atoms with E-state index in [-0.39, 0.29) is 0 Å². The number of hydrogen-bond donors (Lipinski definition) is 2. The predicted molar refractivity (Wildman–Crippen MR) is 101 cm³/mol. The molecule has 0 aromatic heterocycles. The Morgan fingerprint density at radius 2 is 1.91 bits per heavy atom. The van der Waals surface area contributed by atoms with Crippen molar-refractivity contribution in [2.24, 2.45) is 10.9 Å². The van der Waals surface area contributed by atoms with Crippen molar-refractivity contribution in [2.45, 2.75) is 45.4 Å². The van der Waals surface area contributed by atoms with Crippen LogP contribution < -0.4 is 10.6 Å². The van der Waals surface area contributed by atoms with E-state index in [4.69, 9.17) is 0 Å². The molecule has 0 saturated carbocycles. The van der Waals surface area contributed by atoms with Gasteiger partial charge in [-0.15, -0.1) is 0 Å². The zero-order valence-corrected chi connectivity index (χ0v) is 15.7. The molecule has 0 aromatic carbocycles. The number of rotatable bonds is 10. The second-order valence-electron chi connectivity index (χ2n) is 6.38. The van der Waals surface area contributed by atoms with Gasteiger partial charge < -0.3 is 15.5 Å². The normalized spacial score (nSPS) is 20.1. The quantitative estimate of drug-likeness (QED) is 0.367. The molecule has 0 spiro atoms. The second kappa shape index (κ2) is 13.1. The molecule has 5 heteroatoms. The van der Waals surface area contributed by atoms with Crippen molar-refractivity contribution in [3.63, 3.8) is 0 Å². The molecule has 0 amide bonds. The lowest BCUT2D eigenvalue weighted by molar-refractivity contribution is 0.181. The third kappa shape index (κ3) is 9.57. The molecule has 4 nitrogen and oxygen atoms in total. The van der Waals surface area contributed by atoms with Crippen molar-refractivity contribution in [1.29, 1.82) is 0 Å². The van der Waals surface area contributed by atoms with E-state index in [0.29, 0.717) is 0 Å². The molecular weight excluding hydrogens is 292 g/mol. The Balaban J connectivity index is 1.97. The summed E-state index contributed by atoms with van der Waals surface area (Å²) in [6.45, 7) is 8.28. The third-order valence-corrected chi connectivity index (χ3v) is 4.92. The van der Waals surface area contributed by atoms with Crippen molar-refractivity contribution >= 4 is 17.7 Å². The molecule has 1 saturated heterocycles. The van der Waals surface area contributed by atoms with Crippen LogP contribution in [-0.4, -0.2) is 62.6 Å². The molecule has 1 atom stereocenters. The summed E-state index contributed by atoms with van der Waals surface area (Å²) in [4.78, 5) is 6.91. The van der Waals surface area contributed by atoms with Gasteiger partial charge in [0.05, 0.1) is 0 Å². The standard InChI is InChI=1S/C17H36N4S/c1-16-9-8-13-21(15-16)12-6-4-10-19-17(18-2)20-11-5-7-14-22-3/h16H,4-15H2,1-3H3,(H2,18,19,20). The number of piperidine rings is 1. The fourth-order valence-corrected chi connectivity index (χ4v) is 3.45. The van der Waals surface area contributed by atoms with Crippen LogP contribution in [0.1, 0.15) is 45.4 Å². The van der Waals surface area contributed by atoms with Crippen molar-refractivity contribution < 1.29 is 0 Å². The van der Waals surface area contributed by atoms with Gasteiger partial charge in [-0.25, -0.2) is 0 Å². The summed E-state index contributed by atoms with van der Waals surface area (Å²) in [7, 11) is 1.85. The molecular formula is C17H36N4S. The van der Waals surface area contributed by atoms with E-state index >= 15 is 0 Å². The van der Waals surface area contributed by atoms with Gasteiger partial charge in [-0.05, 0) is 69.5 Å². The third-order valence-electron chi connectivity index (χ3n) is 4.23. The second-order valence-corrected chi connectivity index (χ2v) is 7.37. The topological polar surface area (TPSA) is 39.7 Å². The molecule has 2 N–H and O–H groups in total. The van der Waals surface area contributed by atoms with Crippen LogP contribution in [0.4, 0.5) is 0 Å². The van der Waals surface area contributed by atoms with Crippen molar-refractivity contribution in [3.05, 3.63) is 0 Å². The highest BCUT2D eigenvalue weighted by atomic mass is 32.2. The molecule has 1 heterocycles. The van der Waals surface area contributed by atoms with Gasteiger partial charge in [0.25, 0.3) is 0 Å². The molecule has 1 unspecified atom stereocenters. The maximum Gasteiger partial charge on any atom is 0.190 e. The Kier molecular flexibility index (Phi) is 11.6. The van der Waals surface area contributed by atoms with Gasteiger partial charge in [0, 0.05) is 26.7 Å². The fourth-order valence-electron chi connectivity index (χ4n) is 2.96. The lowest BCUT2D eigenvalue weighted by atomic mass is 10.0. The van der Waals surface area contributed by atoms with Crippen LogP contribution in [0.15, 0.2) is 4.99 Å². The van der Waals surface area contributed by atoms with Crippen LogP contribution in [0, 0.1) is 5.92 Å². The summed E-state index contributed by atoms with van der Waals surface area (Å²) in [6, 6.07) is 0. The molecule has 0 radical (unpaired) electrons. The van der Waals surface area contributed by atoms with Crippen molar-refractivity contribution in [3.8, 4) is 0 Å². The molecule has 1 rings (SSSR count). The minimum atomic E-state index is 0.890. The summed E-state index contributed by atoms with van der Waals surface area (Å²) < 4.78 is 0. The minimum absolute atomic E-state index is 0.890. The van der Waals surface area contributed by atoms with Crippen LogP contribution in [0.2, 0.25) is 0 Å². The van der Waals surface area contributed by atoms with Gasteiger partial charge in [-0.2, -0.15) is 11.8 Å². The number of guanidine groups is 1. The number of aliphatic imine (C=N–C) groups is 1. The fraction of sp³-hybridized carbons (Fsp3) is 0.941. The number of nitrogens with zero attached hydrogens (tertiary/aromatic N) is 2. The maximum absolute atomic E-state index is 4.28. The van der Waals surface area contributed by atoms with Crippen LogP contribution in [0.3, 0.4) is 0 Å². The van der Waals surface area contributed by atoms with Crippen LogP contribution >= 0.6 is 11.8 Å². The van der Waals surface area contributed by atoms with Gasteiger partial charge >= 0.3 is 0 Å². The van der Waals surface area contributed by atoms with Gasteiger partial charge in [0.2, 0.25) is 0 Å².